The lowest BCUT2D eigenvalue weighted by molar-refractivity contribution is 0.419. The minimum Gasteiger partial charge on any atom is -0.312 e. The Labute approximate surface area is 83.3 Å². The Kier molecular flexibility index (Phi) is 5.45. The van der Waals surface area contributed by atoms with Crippen molar-refractivity contribution in [2.75, 3.05) is 0 Å². The maximum absolute atomic E-state index is 3.74. The highest BCUT2D eigenvalue weighted by molar-refractivity contribution is 4.76. The second-order valence-corrected chi connectivity index (χ2v) is 4.54. The molecule has 0 bridgehead atoms. The molecular weight excluding hydrogens is 158 g/mol. The van der Waals surface area contributed by atoms with Crippen LogP contribution >= 0.6 is 0 Å². The summed E-state index contributed by atoms with van der Waals surface area (Å²) in [7, 11) is 0. The van der Waals surface area contributed by atoms with Gasteiger partial charge in [-0.05, 0) is 26.2 Å². The number of hydrogen-bond acceptors (Lipinski definition) is 1. The lowest BCUT2D eigenvalue weighted by Gasteiger charge is -2.18. The largest absolute Gasteiger partial charge is 0.312 e. The first-order chi connectivity index (χ1) is 6.33. The van der Waals surface area contributed by atoms with Crippen LogP contribution in [0.4, 0.5) is 0 Å². The maximum atomic E-state index is 3.74. The van der Waals surface area contributed by atoms with E-state index in [0.29, 0.717) is 0 Å². The van der Waals surface area contributed by atoms with Gasteiger partial charge in [-0.1, -0.05) is 39.0 Å². The molecule has 0 aromatic carbocycles. The molecule has 78 valence electrons. The van der Waals surface area contributed by atoms with Crippen molar-refractivity contribution in [2.45, 2.75) is 77.3 Å². The van der Waals surface area contributed by atoms with Gasteiger partial charge in [0.2, 0.25) is 0 Å². The van der Waals surface area contributed by atoms with Crippen molar-refractivity contribution in [2.24, 2.45) is 0 Å². The molecule has 1 saturated carbocycles. The SMILES string of the molecule is CCCCCC(C)NC1CCCC1. The van der Waals surface area contributed by atoms with E-state index in [1.54, 1.807) is 0 Å². The Morgan fingerprint density at radius 3 is 2.54 bits per heavy atom. The van der Waals surface area contributed by atoms with Crippen LogP contribution in [-0.2, 0) is 0 Å². The molecule has 0 spiro atoms. The van der Waals surface area contributed by atoms with Crippen molar-refractivity contribution in [1.82, 2.24) is 5.32 Å². The predicted molar refractivity (Wildman–Crippen MR) is 59.0 cm³/mol. The summed E-state index contributed by atoms with van der Waals surface area (Å²) in [4.78, 5) is 0. The third-order valence-electron chi connectivity index (χ3n) is 3.12. The van der Waals surface area contributed by atoms with E-state index in [-0.39, 0.29) is 0 Å². The zero-order chi connectivity index (χ0) is 9.52. The predicted octanol–water partition coefficient (Wildman–Crippen LogP) is 3.49. The zero-order valence-corrected chi connectivity index (χ0v) is 9.31. The summed E-state index contributed by atoms with van der Waals surface area (Å²) in [5, 5.41) is 3.74. The number of nitrogens with one attached hydrogen (secondary N) is 1. The Balaban J connectivity index is 1.99. The first kappa shape index (κ1) is 11.0. The smallest absolute Gasteiger partial charge is 0.00695 e. The Bertz CT molecular complexity index is 116. The lowest BCUT2D eigenvalue weighted by Crippen LogP contribution is -2.34. The maximum Gasteiger partial charge on any atom is 0.00695 e. The Morgan fingerprint density at radius 2 is 1.92 bits per heavy atom. The van der Waals surface area contributed by atoms with Gasteiger partial charge in [0.1, 0.15) is 0 Å². The van der Waals surface area contributed by atoms with Crippen LogP contribution in [0.3, 0.4) is 0 Å². The van der Waals surface area contributed by atoms with Crippen LogP contribution in [0.1, 0.15) is 65.2 Å². The summed E-state index contributed by atoms with van der Waals surface area (Å²) in [5.74, 6) is 0. The molecule has 1 N–H and O–H groups in total. The van der Waals surface area contributed by atoms with Crippen molar-refractivity contribution >= 4 is 0 Å². The average Bonchev–Trinajstić information content (AvgIpc) is 2.57. The Hall–Kier alpha value is -0.0400. The molecule has 1 fully saturated rings. The van der Waals surface area contributed by atoms with Gasteiger partial charge in [-0.3, -0.25) is 0 Å². The van der Waals surface area contributed by atoms with E-state index in [0.717, 1.165) is 12.1 Å². The molecule has 1 aliphatic carbocycles. The lowest BCUT2D eigenvalue weighted by atomic mass is 10.1. The van der Waals surface area contributed by atoms with E-state index in [9.17, 15) is 0 Å². The van der Waals surface area contributed by atoms with E-state index in [1.807, 2.05) is 0 Å². The van der Waals surface area contributed by atoms with Crippen molar-refractivity contribution < 1.29 is 0 Å². The monoisotopic (exact) mass is 183 g/mol. The van der Waals surface area contributed by atoms with Crippen LogP contribution in [0.25, 0.3) is 0 Å². The van der Waals surface area contributed by atoms with Gasteiger partial charge in [0.25, 0.3) is 0 Å². The standard InChI is InChI=1S/C12H25N/c1-3-4-5-8-11(2)13-12-9-6-7-10-12/h11-13H,3-10H2,1-2H3. The molecule has 0 aromatic heterocycles. The molecular formula is C12H25N. The van der Waals surface area contributed by atoms with Gasteiger partial charge >= 0.3 is 0 Å². The average molecular weight is 183 g/mol. The van der Waals surface area contributed by atoms with Gasteiger partial charge in [-0.2, -0.15) is 0 Å². The fourth-order valence-electron chi connectivity index (χ4n) is 2.28. The van der Waals surface area contributed by atoms with Crippen LogP contribution in [0, 0.1) is 0 Å². The zero-order valence-electron chi connectivity index (χ0n) is 9.31. The number of hydrogen-bond donors (Lipinski definition) is 1. The topological polar surface area (TPSA) is 12.0 Å². The summed E-state index contributed by atoms with van der Waals surface area (Å²) in [6, 6.07) is 1.59. The second-order valence-electron chi connectivity index (χ2n) is 4.54. The number of rotatable bonds is 6. The van der Waals surface area contributed by atoms with Crippen LogP contribution in [0.5, 0.6) is 0 Å². The first-order valence-corrected chi connectivity index (χ1v) is 6.09. The van der Waals surface area contributed by atoms with Gasteiger partial charge in [-0.25, -0.2) is 0 Å². The molecule has 1 aliphatic rings. The summed E-state index contributed by atoms with van der Waals surface area (Å²) in [6.07, 6.45) is 11.2. The van der Waals surface area contributed by atoms with Crippen LogP contribution in [0.2, 0.25) is 0 Å². The van der Waals surface area contributed by atoms with Crippen molar-refractivity contribution in [3.8, 4) is 0 Å². The molecule has 1 heteroatoms. The Morgan fingerprint density at radius 1 is 1.23 bits per heavy atom. The third-order valence-corrected chi connectivity index (χ3v) is 3.12. The quantitative estimate of drug-likeness (QED) is 0.622. The van der Waals surface area contributed by atoms with E-state index in [4.69, 9.17) is 0 Å². The molecule has 0 aromatic rings. The molecule has 0 amide bonds. The molecule has 0 aliphatic heterocycles. The highest BCUT2D eigenvalue weighted by Crippen LogP contribution is 2.18. The fraction of sp³-hybridized carbons (Fsp3) is 1.00. The molecule has 0 radical (unpaired) electrons. The van der Waals surface area contributed by atoms with E-state index >= 15 is 0 Å². The van der Waals surface area contributed by atoms with Crippen LogP contribution in [0.15, 0.2) is 0 Å². The molecule has 0 heterocycles. The van der Waals surface area contributed by atoms with E-state index in [1.165, 1.54) is 51.4 Å². The fourth-order valence-corrected chi connectivity index (χ4v) is 2.28. The van der Waals surface area contributed by atoms with Crippen molar-refractivity contribution in [1.29, 1.82) is 0 Å². The minimum absolute atomic E-state index is 0.745. The highest BCUT2D eigenvalue weighted by atomic mass is 14.9. The minimum atomic E-state index is 0.745. The summed E-state index contributed by atoms with van der Waals surface area (Å²) < 4.78 is 0. The third kappa shape index (κ3) is 4.66. The van der Waals surface area contributed by atoms with Gasteiger partial charge in [-0.15, -0.1) is 0 Å². The van der Waals surface area contributed by atoms with Crippen molar-refractivity contribution in [3.63, 3.8) is 0 Å². The summed E-state index contributed by atoms with van der Waals surface area (Å²) >= 11 is 0. The van der Waals surface area contributed by atoms with Gasteiger partial charge in [0, 0.05) is 12.1 Å². The molecule has 1 rings (SSSR count). The van der Waals surface area contributed by atoms with Gasteiger partial charge in [0.05, 0.1) is 0 Å². The molecule has 1 atom stereocenters. The molecule has 13 heavy (non-hydrogen) atoms. The molecule has 0 saturated heterocycles. The van der Waals surface area contributed by atoms with Crippen molar-refractivity contribution in [3.05, 3.63) is 0 Å². The van der Waals surface area contributed by atoms with Crippen LogP contribution < -0.4 is 5.32 Å². The van der Waals surface area contributed by atoms with E-state index in [2.05, 4.69) is 19.2 Å². The molecule has 1 nitrogen and oxygen atoms in total. The van der Waals surface area contributed by atoms with E-state index < -0.39 is 0 Å². The summed E-state index contributed by atoms with van der Waals surface area (Å²) in [6.45, 7) is 4.61. The highest BCUT2D eigenvalue weighted by Gasteiger charge is 2.16. The summed E-state index contributed by atoms with van der Waals surface area (Å²) in [5.41, 5.74) is 0. The second kappa shape index (κ2) is 6.42. The number of unbranched alkanes of at least 4 members (excludes halogenated alkanes) is 2. The van der Waals surface area contributed by atoms with Gasteiger partial charge in [0.15, 0.2) is 0 Å². The first-order valence-electron chi connectivity index (χ1n) is 6.09. The molecule has 1 unspecified atom stereocenters. The van der Waals surface area contributed by atoms with Gasteiger partial charge < -0.3 is 5.32 Å². The van der Waals surface area contributed by atoms with Crippen LogP contribution in [-0.4, -0.2) is 12.1 Å². The normalized spacial score (nSPS) is 20.8.